The number of nitrogens with zero attached hydrogens (tertiary/aromatic N) is 2. The minimum Gasteiger partial charge on any atom is -0.389 e. The second kappa shape index (κ2) is 6.04. The van der Waals surface area contributed by atoms with Gasteiger partial charge in [0.05, 0.1) is 4.90 Å². The normalized spacial score (nSPS) is 11.3. The molecule has 0 unspecified atom stereocenters. The van der Waals surface area contributed by atoms with Crippen LogP contribution in [0.15, 0.2) is 23.1 Å². The SMILES string of the molecule is CCc1nnc(NS(=O)(=O)c2ccc(C(N)=S)cc2C)s1. The van der Waals surface area contributed by atoms with Gasteiger partial charge in [-0.15, -0.1) is 10.2 Å². The summed E-state index contributed by atoms with van der Waals surface area (Å²) < 4.78 is 27.2. The van der Waals surface area contributed by atoms with E-state index >= 15 is 0 Å². The molecule has 2 aromatic rings. The van der Waals surface area contributed by atoms with Crippen LogP contribution in [0.1, 0.15) is 23.1 Å². The lowest BCUT2D eigenvalue weighted by molar-refractivity contribution is 0.600. The van der Waals surface area contributed by atoms with Gasteiger partial charge in [0.1, 0.15) is 10.00 Å². The number of anilines is 1. The zero-order chi connectivity index (χ0) is 15.6. The van der Waals surface area contributed by atoms with E-state index in [1.54, 1.807) is 19.1 Å². The van der Waals surface area contributed by atoms with Crippen LogP contribution < -0.4 is 10.5 Å². The molecule has 0 aliphatic heterocycles. The monoisotopic (exact) mass is 342 g/mol. The van der Waals surface area contributed by atoms with Crippen LogP contribution in [0.2, 0.25) is 0 Å². The van der Waals surface area contributed by atoms with Crippen molar-refractivity contribution in [3.05, 3.63) is 34.3 Å². The van der Waals surface area contributed by atoms with Gasteiger partial charge in [-0.05, 0) is 31.0 Å². The Kier molecular flexibility index (Phi) is 4.55. The van der Waals surface area contributed by atoms with E-state index in [2.05, 4.69) is 14.9 Å². The molecular formula is C12H14N4O2S3. The van der Waals surface area contributed by atoms with Gasteiger partial charge in [-0.25, -0.2) is 8.42 Å². The van der Waals surface area contributed by atoms with Crippen molar-refractivity contribution in [2.75, 3.05) is 4.72 Å². The fourth-order valence-corrected chi connectivity index (χ4v) is 3.98. The summed E-state index contributed by atoms with van der Waals surface area (Å²) in [4.78, 5) is 0.391. The van der Waals surface area contributed by atoms with E-state index in [0.717, 1.165) is 5.01 Å². The molecule has 0 fully saturated rings. The maximum atomic E-state index is 12.4. The van der Waals surface area contributed by atoms with Crippen molar-refractivity contribution in [3.8, 4) is 0 Å². The molecule has 1 aromatic carbocycles. The van der Waals surface area contributed by atoms with Crippen LogP contribution in [-0.4, -0.2) is 23.6 Å². The third kappa shape index (κ3) is 3.55. The molecule has 3 N–H and O–H groups in total. The highest BCUT2D eigenvalue weighted by molar-refractivity contribution is 7.93. The Morgan fingerprint density at radius 3 is 2.67 bits per heavy atom. The molecule has 0 radical (unpaired) electrons. The van der Waals surface area contributed by atoms with E-state index in [4.69, 9.17) is 18.0 Å². The molecule has 112 valence electrons. The molecule has 0 saturated carbocycles. The fourth-order valence-electron chi connectivity index (χ4n) is 1.71. The Hall–Kier alpha value is -1.58. The molecule has 9 heteroatoms. The molecule has 0 saturated heterocycles. The highest BCUT2D eigenvalue weighted by Gasteiger charge is 2.19. The standard InChI is InChI=1S/C12H14N4O2S3/c1-3-10-14-15-12(20-10)16-21(17,18)9-5-4-8(11(13)19)6-7(9)2/h4-6H,3H2,1-2H3,(H2,13,19)(H,15,16). The smallest absolute Gasteiger partial charge is 0.263 e. The molecule has 21 heavy (non-hydrogen) atoms. The average Bonchev–Trinajstić information content (AvgIpc) is 2.85. The molecule has 1 heterocycles. The number of sulfonamides is 1. The van der Waals surface area contributed by atoms with E-state index in [-0.39, 0.29) is 15.0 Å². The van der Waals surface area contributed by atoms with E-state index in [9.17, 15) is 8.42 Å². The lowest BCUT2D eigenvalue weighted by atomic mass is 10.1. The minimum atomic E-state index is -3.71. The van der Waals surface area contributed by atoms with Crippen molar-refractivity contribution in [2.45, 2.75) is 25.2 Å². The van der Waals surface area contributed by atoms with Crippen molar-refractivity contribution in [3.63, 3.8) is 0 Å². The molecule has 2 rings (SSSR count). The quantitative estimate of drug-likeness (QED) is 0.805. The number of hydrogen-bond donors (Lipinski definition) is 2. The maximum Gasteiger partial charge on any atom is 0.263 e. The van der Waals surface area contributed by atoms with Gasteiger partial charge in [-0.3, -0.25) is 4.72 Å². The molecule has 1 aromatic heterocycles. The zero-order valence-corrected chi connectivity index (χ0v) is 13.9. The summed E-state index contributed by atoms with van der Waals surface area (Å²) in [6, 6.07) is 4.71. The summed E-state index contributed by atoms with van der Waals surface area (Å²) in [5.74, 6) is 0. The van der Waals surface area contributed by atoms with Gasteiger partial charge in [0.2, 0.25) is 5.13 Å². The van der Waals surface area contributed by atoms with Gasteiger partial charge in [0, 0.05) is 5.56 Å². The van der Waals surface area contributed by atoms with Gasteiger partial charge in [0.15, 0.2) is 0 Å². The second-order valence-electron chi connectivity index (χ2n) is 4.30. The van der Waals surface area contributed by atoms with Crippen LogP contribution in [0.25, 0.3) is 0 Å². The number of hydrogen-bond acceptors (Lipinski definition) is 6. The summed E-state index contributed by atoms with van der Waals surface area (Å²) in [5, 5.41) is 8.72. The molecule has 0 aliphatic rings. The maximum absolute atomic E-state index is 12.4. The van der Waals surface area contributed by atoms with Gasteiger partial charge in [-0.1, -0.05) is 36.5 Å². The molecular weight excluding hydrogens is 328 g/mol. The van der Waals surface area contributed by atoms with E-state index in [0.29, 0.717) is 17.5 Å². The lowest BCUT2D eigenvalue weighted by Crippen LogP contribution is -2.15. The summed E-state index contributed by atoms with van der Waals surface area (Å²) in [6.07, 6.45) is 0.709. The molecule has 0 amide bonds. The first-order chi connectivity index (χ1) is 9.83. The van der Waals surface area contributed by atoms with Crippen LogP contribution in [-0.2, 0) is 16.4 Å². The Morgan fingerprint density at radius 1 is 1.43 bits per heavy atom. The number of nitrogens with one attached hydrogen (secondary N) is 1. The molecule has 0 aliphatic carbocycles. The Balaban J connectivity index is 2.33. The number of benzene rings is 1. The van der Waals surface area contributed by atoms with Crippen LogP contribution >= 0.6 is 23.6 Å². The molecule has 0 spiro atoms. The molecule has 6 nitrogen and oxygen atoms in total. The topological polar surface area (TPSA) is 98.0 Å². The van der Waals surface area contributed by atoms with E-state index < -0.39 is 10.0 Å². The fraction of sp³-hybridized carbons (Fsp3) is 0.250. The predicted molar refractivity (Wildman–Crippen MR) is 87.2 cm³/mol. The van der Waals surface area contributed by atoms with Gasteiger partial charge in [0.25, 0.3) is 10.0 Å². The van der Waals surface area contributed by atoms with Crippen molar-refractivity contribution < 1.29 is 8.42 Å². The summed E-state index contributed by atoms with van der Waals surface area (Å²) in [6.45, 7) is 3.62. The molecule has 0 bridgehead atoms. The minimum absolute atomic E-state index is 0.163. The number of nitrogens with two attached hydrogens (primary N) is 1. The Bertz CT molecular complexity index is 784. The number of thiocarbonyl (C=S) groups is 1. The number of aryl methyl sites for hydroxylation is 2. The third-order valence-electron chi connectivity index (χ3n) is 2.74. The summed E-state index contributed by atoms with van der Waals surface area (Å²) in [5.41, 5.74) is 6.73. The highest BCUT2D eigenvalue weighted by Crippen LogP contribution is 2.22. The van der Waals surface area contributed by atoms with Crippen molar-refractivity contribution in [1.82, 2.24) is 10.2 Å². The van der Waals surface area contributed by atoms with Crippen LogP contribution in [0.3, 0.4) is 0 Å². The van der Waals surface area contributed by atoms with E-state index in [1.807, 2.05) is 6.92 Å². The predicted octanol–water partition coefficient (Wildman–Crippen LogP) is 1.84. The zero-order valence-electron chi connectivity index (χ0n) is 11.5. The molecule has 0 atom stereocenters. The van der Waals surface area contributed by atoms with Crippen molar-refractivity contribution >= 4 is 43.7 Å². The third-order valence-corrected chi connectivity index (χ3v) is 5.59. The van der Waals surface area contributed by atoms with Gasteiger partial charge in [-0.2, -0.15) is 0 Å². The van der Waals surface area contributed by atoms with Crippen LogP contribution in [0.5, 0.6) is 0 Å². The van der Waals surface area contributed by atoms with E-state index in [1.165, 1.54) is 17.4 Å². The van der Waals surface area contributed by atoms with Crippen LogP contribution in [0, 0.1) is 6.92 Å². The summed E-state index contributed by atoms with van der Waals surface area (Å²) in [7, 11) is -3.71. The number of aromatic nitrogens is 2. The Morgan fingerprint density at radius 2 is 2.14 bits per heavy atom. The first-order valence-corrected chi connectivity index (χ1v) is 8.80. The van der Waals surface area contributed by atoms with Crippen molar-refractivity contribution in [2.24, 2.45) is 5.73 Å². The Labute approximate surface area is 132 Å². The lowest BCUT2D eigenvalue weighted by Gasteiger charge is -2.09. The second-order valence-corrected chi connectivity index (χ2v) is 7.46. The van der Waals surface area contributed by atoms with Crippen molar-refractivity contribution in [1.29, 1.82) is 0 Å². The number of rotatable bonds is 5. The first-order valence-electron chi connectivity index (χ1n) is 6.09. The largest absolute Gasteiger partial charge is 0.389 e. The van der Waals surface area contributed by atoms with Crippen LogP contribution in [0.4, 0.5) is 5.13 Å². The average molecular weight is 342 g/mol. The first kappa shape index (κ1) is 15.8. The summed E-state index contributed by atoms with van der Waals surface area (Å²) >= 11 is 6.09. The highest BCUT2D eigenvalue weighted by atomic mass is 32.2. The van der Waals surface area contributed by atoms with Gasteiger partial charge >= 0.3 is 0 Å². The van der Waals surface area contributed by atoms with Gasteiger partial charge < -0.3 is 5.73 Å².